The van der Waals surface area contributed by atoms with E-state index in [1.54, 1.807) is 0 Å². The van der Waals surface area contributed by atoms with Gasteiger partial charge in [0.05, 0.1) is 5.41 Å². The number of amides is 1. The van der Waals surface area contributed by atoms with E-state index in [4.69, 9.17) is 0 Å². The molecule has 0 aromatic rings. The van der Waals surface area contributed by atoms with Gasteiger partial charge in [0.25, 0.3) is 0 Å². The van der Waals surface area contributed by atoms with Gasteiger partial charge in [-0.05, 0) is 33.7 Å². The number of nitrogens with one attached hydrogen (secondary N) is 2. The third-order valence-corrected chi connectivity index (χ3v) is 2.92. The van der Waals surface area contributed by atoms with E-state index >= 15 is 0 Å². The second kappa shape index (κ2) is 4.78. The van der Waals surface area contributed by atoms with Crippen LogP contribution in [0.5, 0.6) is 0 Å². The van der Waals surface area contributed by atoms with Crippen molar-refractivity contribution in [3.8, 4) is 0 Å². The molecule has 0 unspecified atom stereocenters. The molecule has 1 fully saturated rings. The van der Waals surface area contributed by atoms with E-state index in [1.807, 2.05) is 20.9 Å². The lowest BCUT2D eigenvalue weighted by Gasteiger charge is -2.25. The van der Waals surface area contributed by atoms with Gasteiger partial charge in [0.1, 0.15) is 0 Å². The Labute approximate surface area is 86.6 Å². The fourth-order valence-electron chi connectivity index (χ4n) is 1.97. The Morgan fingerprint density at radius 2 is 1.93 bits per heavy atom. The van der Waals surface area contributed by atoms with E-state index in [9.17, 15) is 4.79 Å². The molecule has 1 aliphatic carbocycles. The Bertz CT molecular complexity index is 195. The first-order valence-electron chi connectivity index (χ1n) is 5.52. The third kappa shape index (κ3) is 2.98. The Balaban J connectivity index is 2.39. The Kier molecular flexibility index (Phi) is 3.93. The zero-order valence-corrected chi connectivity index (χ0v) is 9.52. The highest BCUT2D eigenvalue weighted by Crippen LogP contribution is 2.20. The summed E-state index contributed by atoms with van der Waals surface area (Å²) in [5, 5.41) is 6.18. The standard InChI is InChI=1S/C11H22N2O/c1-11(2,8-12-3)10(14)13-9-6-4-5-7-9/h9,12H,4-8H2,1-3H3,(H,13,14). The minimum atomic E-state index is -0.294. The molecule has 0 aromatic heterocycles. The minimum absolute atomic E-state index is 0.179. The average molecular weight is 198 g/mol. The summed E-state index contributed by atoms with van der Waals surface area (Å²) in [4.78, 5) is 11.9. The fraction of sp³-hybridized carbons (Fsp3) is 0.909. The summed E-state index contributed by atoms with van der Waals surface area (Å²) in [6.07, 6.45) is 4.83. The summed E-state index contributed by atoms with van der Waals surface area (Å²) in [5.41, 5.74) is -0.294. The second-order valence-corrected chi connectivity index (χ2v) is 4.87. The maximum Gasteiger partial charge on any atom is 0.227 e. The number of hydrogen-bond donors (Lipinski definition) is 2. The van der Waals surface area contributed by atoms with E-state index in [0.29, 0.717) is 6.04 Å². The molecule has 0 saturated heterocycles. The predicted molar refractivity (Wildman–Crippen MR) is 58.1 cm³/mol. The molecule has 14 heavy (non-hydrogen) atoms. The van der Waals surface area contributed by atoms with Crippen LogP contribution in [0, 0.1) is 5.41 Å². The molecular weight excluding hydrogens is 176 g/mol. The topological polar surface area (TPSA) is 41.1 Å². The highest BCUT2D eigenvalue weighted by Gasteiger charge is 2.29. The van der Waals surface area contributed by atoms with Crippen molar-refractivity contribution in [3.63, 3.8) is 0 Å². The van der Waals surface area contributed by atoms with Gasteiger partial charge < -0.3 is 10.6 Å². The molecule has 1 rings (SSSR count). The van der Waals surface area contributed by atoms with Crippen LogP contribution in [0.2, 0.25) is 0 Å². The van der Waals surface area contributed by atoms with Crippen LogP contribution in [0.3, 0.4) is 0 Å². The summed E-state index contributed by atoms with van der Waals surface area (Å²) >= 11 is 0. The second-order valence-electron chi connectivity index (χ2n) is 4.87. The molecule has 82 valence electrons. The monoisotopic (exact) mass is 198 g/mol. The third-order valence-electron chi connectivity index (χ3n) is 2.92. The van der Waals surface area contributed by atoms with Crippen molar-refractivity contribution in [3.05, 3.63) is 0 Å². The summed E-state index contributed by atoms with van der Waals surface area (Å²) in [6.45, 7) is 4.69. The summed E-state index contributed by atoms with van der Waals surface area (Å²) in [5.74, 6) is 0.179. The predicted octanol–water partition coefficient (Wildman–Crippen LogP) is 1.29. The van der Waals surface area contributed by atoms with Crippen molar-refractivity contribution in [1.29, 1.82) is 0 Å². The summed E-state index contributed by atoms with van der Waals surface area (Å²) in [7, 11) is 1.88. The molecule has 3 nitrogen and oxygen atoms in total. The van der Waals surface area contributed by atoms with Gasteiger partial charge in [0, 0.05) is 12.6 Å². The van der Waals surface area contributed by atoms with Crippen molar-refractivity contribution in [2.24, 2.45) is 5.41 Å². The largest absolute Gasteiger partial charge is 0.353 e. The average Bonchev–Trinajstić information content (AvgIpc) is 2.56. The van der Waals surface area contributed by atoms with Gasteiger partial charge in [-0.3, -0.25) is 4.79 Å². The van der Waals surface area contributed by atoms with Gasteiger partial charge in [0.2, 0.25) is 5.91 Å². The Hall–Kier alpha value is -0.570. The molecule has 1 aliphatic rings. The molecule has 0 aromatic carbocycles. The van der Waals surface area contributed by atoms with Crippen LogP contribution in [-0.4, -0.2) is 25.5 Å². The van der Waals surface area contributed by atoms with Crippen molar-refractivity contribution in [2.45, 2.75) is 45.6 Å². The molecule has 0 aliphatic heterocycles. The van der Waals surface area contributed by atoms with Crippen molar-refractivity contribution in [2.75, 3.05) is 13.6 Å². The van der Waals surface area contributed by atoms with Crippen LogP contribution < -0.4 is 10.6 Å². The molecule has 0 atom stereocenters. The van der Waals surface area contributed by atoms with E-state index in [-0.39, 0.29) is 11.3 Å². The van der Waals surface area contributed by atoms with E-state index in [2.05, 4.69) is 10.6 Å². The van der Waals surface area contributed by atoms with Gasteiger partial charge >= 0.3 is 0 Å². The lowest BCUT2D eigenvalue weighted by atomic mass is 9.92. The van der Waals surface area contributed by atoms with Gasteiger partial charge in [-0.1, -0.05) is 12.8 Å². The number of carbonyl (C=O) groups excluding carboxylic acids is 1. The number of carbonyl (C=O) groups is 1. The van der Waals surface area contributed by atoms with Gasteiger partial charge in [-0.15, -0.1) is 0 Å². The lowest BCUT2D eigenvalue weighted by Crippen LogP contribution is -2.45. The Morgan fingerprint density at radius 1 is 1.36 bits per heavy atom. The van der Waals surface area contributed by atoms with Crippen molar-refractivity contribution < 1.29 is 4.79 Å². The minimum Gasteiger partial charge on any atom is -0.353 e. The molecule has 0 radical (unpaired) electrons. The molecule has 1 amide bonds. The van der Waals surface area contributed by atoms with Crippen molar-refractivity contribution in [1.82, 2.24) is 10.6 Å². The SMILES string of the molecule is CNCC(C)(C)C(=O)NC1CCCC1. The smallest absolute Gasteiger partial charge is 0.227 e. The van der Waals surface area contributed by atoms with Crippen LogP contribution in [0.15, 0.2) is 0 Å². The molecule has 0 spiro atoms. The molecule has 2 N–H and O–H groups in total. The van der Waals surface area contributed by atoms with E-state index < -0.39 is 0 Å². The molecular formula is C11H22N2O. The molecule has 3 heteroatoms. The summed E-state index contributed by atoms with van der Waals surface area (Å²) < 4.78 is 0. The first kappa shape index (κ1) is 11.5. The molecule has 0 bridgehead atoms. The maximum absolute atomic E-state index is 11.9. The van der Waals surface area contributed by atoms with Crippen LogP contribution >= 0.6 is 0 Å². The molecule has 0 heterocycles. The quantitative estimate of drug-likeness (QED) is 0.714. The van der Waals surface area contributed by atoms with E-state index in [0.717, 1.165) is 19.4 Å². The molecule has 1 saturated carbocycles. The first-order chi connectivity index (χ1) is 6.56. The summed E-state index contributed by atoms with van der Waals surface area (Å²) in [6, 6.07) is 0.429. The maximum atomic E-state index is 11.9. The highest BCUT2D eigenvalue weighted by molar-refractivity contribution is 5.82. The van der Waals surface area contributed by atoms with Crippen LogP contribution in [-0.2, 0) is 4.79 Å². The zero-order chi connectivity index (χ0) is 10.6. The first-order valence-corrected chi connectivity index (χ1v) is 5.52. The Morgan fingerprint density at radius 3 is 2.43 bits per heavy atom. The zero-order valence-electron chi connectivity index (χ0n) is 9.52. The highest BCUT2D eigenvalue weighted by atomic mass is 16.2. The number of hydrogen-bond acceptors (Lipinski definition) is 2. The normalized spacial score (nSPS) is 18.5. The van der Waals surface area contributed by atoms with Crippen LogP contribution in [0.25, 0.3) is 0 Å². The van der Waals surface area contributed by atoms with Crippen LogP contribution in [0.4, 0.5) is 0 Å². The van der Waals surface area contributed by atoms with Gasteiger partial charge in [0.15, 0.2) is 0 Å². The van der Waals surface area contributed by atoms with Gasteiger partial charge in [-0.2, -0.15) is 0 Å². The van der Waals surface area contributed by atoms with Crippen LogP contribution in [0.1, 0.15) is 39.5 Å². The fourth-order valence-corrected chi connectivity index (χ4v) is 1.97. The van der Waals surface area contributed by atoms with Crippen molar-refractivity contribution >= 4 is 5.91 Å². The van der Waals surface area contributed by atoms with Gasteiger partial charge in [-0.25, -0.2) is 0 Å². The lowest BCUT2D eigenvalue weighted by molar-refractivity contribution is -0.129. The van der Waals surface area contributed by atoms with E-state index in [1.165, 1.54) is 12.8 Å². The number of rotatable bonds is 4.